The zero-order valence-electron chi connectivity index (χ0n) is 10.1. The molecule has 1 unspecified atom stereocenters. The van der Waals surface area contributed by atoms with E-state index in [0.717, 1.165) is 30.2 Å². The molecule has 2 fully saturated rings. The number of hydrogen-bond acceptors (Lipinski definition) is 2. The molecule has 2 N–H and O–H groups in total. The molecule has 98 valence electrons. The fraction of sp³-hybridized carbons (Fsp3) is 0.615. The smallest absolute Gasteiger partial charge is 0.268 e. The monoisotopic (exact) mass is 312 g/mol. The molecule has 1 aromatic heterocycles. The molecule has 3 rings (SSSR count). The van der Waals surface area contributed by atoms with Crippen molar-refractivity contribution >= 4 is 21.8 Å². The maximum Gasteiger partial charge on any atom is 0.268 e. The highest BCUT2D eigenvalue weighted by atomic mass is 79.9. The van der Waals surface area contributed by atoms with Crippen LogP contribution in [0, 0.1) is 5.92 Å². The number of aliphatic hydroxyl groups excluding tert-OH is 1. The maximum atomic E-state index is 12.1. The molecule has 0 spiro atoms. The van der Waals surface area contributed by atoms with Gasteiger partial charge in [-0.3, -0.25) is 4.79 Å². The first kappa shape index (κ1) is 12.2. The molecule has 0 aliphatic heterocycles. The molecular formula is C13H17BrN2O2. The van der Waals surface area contributed by atoms with Gasteiger partial charge < -0.3 is 15.0 Å². The van der Waals surface area contributed by atoms with Gasteiger partial charge in [-0.05, 0) is 53.6 Å². The lowest BCUT2D eigenvalue weighted by molar-refractivity contribution is 0.0892. The number of halogens is 1. The number of aliphatic hydroxyl groups is 1. The number of rotatable bonds is 5. The van der Waals surface area contributed by atoms with Gasteiger partial charge in [-0.1, -0.05) is 0 Å². The molecule has 0 radical (unpaired) electrons. The summed E-state index contributed by atoms with van der Waals surface area (Å²) in [5.74, 6) is 0.305. The highest BCUT2D eigenvalue weighted by Gasteiger charge is 2.31. The molecule has 18 heavy (non-hydrogen) atoms. The summed E-state index contributed by atoms with van der Waals surface area (Å²) in [5, 5.41) is 12.6. The van der Waals surface area contributed by atoms with Crippen molar-refractivity contribution in [1.82, 2.24) is 9.88 Å². The minimum absolute atomic E-state index is 0.0905. The van der Waals surface area contributed by atoms with Crippen molar-refractivity contribution in [2.24, 2.45) is 5.92 Å². The van der Waals surface area contributed by atoms with Gasteiger partial charge in [-0.25, -0.2) is 0 Å². The average Bonchev–Trinajstić information content (AvgIpc) is 3.23. The quantitative estimate of drug-likeness (QED) is 0.874. The van der Waals surface area contributed by atoms with Crippen LogP contribution in [0.1, 0.15) is 42.2 Å². The molecule has 1 aromatic rings. The Bertz CT molecular complexity index is 464. The fourth-order valence-corrected chi connectivity index (χ4v) is 2.66. The largest absolute Gasteiger partial charge is 0.391 e. The second-order valence-electron chi connectivity index (χ2n) is 5.30. The van der Waals surface area contributed by atoms with Crippen molar-refractivity contribution in [3.05, 3.63) is 22.4 Å². The maximum absolute atomic E-state index is 12.1. The van der Waals surface area contributed by atoms with Crippen LogP contribution in [0.3, 0.4) is 0 Å². The van der Waals surface area contributed by atoms with Crippen LogP contribution in [-0.2, 0) is 0 Å². The molecule has 2 saturated carbocycles. The highest BCUT2D eigenvalue weighted by Crippen LogP contribution is 2.37. The Labute approximate surface area is 114 Å². The Balaban J connectivity index is 1.63. The van der Waals surface area contributed by atoms with E-state index in [2.05, 4.69) is 21.2 Å². The van der Waals surface area contributed by atoms with Crippen LogP contribution in [0.2, 0.25) is 0 Å². The first-order chi connectivity index (χ1) is 8.65. The lowest BCUT2D eigenvalue weighted by atomic mass is 10.2. The highest BCUT2D eigenvalue weighted by molar-refractivity contribution is 9.10. The third-order valence-corrected chi connectivity index (χ3v) is 4.06. The SMILES string of the molecule is O=C(NCC(O)C1CC1)c1cc(Br)cn1C1CC1. The predicted octanol–water partition coefficient (Wildman–Crippen LogP) is 2.09. The molecule has 4 nitrogen and oxygen atoms in total. The number of aromatic nitrogens is 1. The van der Waals surface area contributed by atoms with Gasteiger partial charge in [0, 0.05) is 23.3 Å². The summed E-state index contributed by atoms with van der Waals surface area (Å²) in [7, 11) is 0. The van der Waals surface area contributed by atoms with E-state index >= 15 is 0 Å². The third-order valence-electron chi connectivity index (χ3n) is 3.63. The fourth-order valence-electron chi connectivity index (χ4n) is 2.22. The Morgan fingerprint density at radius 3 is 2.83 bits per heavy atom. The van der Waals surface area contributed by atoms with Gasteiger partial charge in [-0.2, -0.15) is 0 Å². The summed E-state index contributed by atoms with van der Waals surface area (Å²) in [4.78, 5) is 12.1. The Morgan fingerprint density at radius 1 is 1.50 bits per heavy atom. The first-order valence-electron chi connectivity index (χ1n) is 6.49. The average molecular weight is 313 g/mol. The van der Waals surface area contributed by atoms with Crippen LogP contribution >= 0.6 is 15.9 Å². The zero-order valence-corrected chi connectivity index (χ0v) is 11.7. The van der Waals surface area contributed by atoms with Crippen molar-refractivity contribution in [2.75, 3.05) is 6.54 Å². The molecule has 2 aliphatic rings. The summed E-state index contributed by atoms with van der Waals surface area (Å²) in [6.45, 7) is 0.358. The first-order valence-corrected chi connectivity index (χ1v) is 7.28. The molecular weight excluding hydrogens is 296 g/mol. The Hall–Kier alpha value is -0.810. The van der Waals surface area contributed by atoms with Crippen molar-refractivity contribution in [3.8, 4) is 0 Å². The number of carbonyl (C=O) groups excluding carboxylic acids is 1. The van der Waals surface area contributed by atoms with Gasteiger partial charge in [0.05, 0.1) is 6.10 Å². The predicted molar refractivity (Wildman–Crippen MR) is 71.5 cm³/mol. The molecule has 1 heterocycles. The molecule has 5 heteroatoms. The lowest BCUT2D eigenvalue weighted by Crippen LogP contribution is -2.34. The van der Waals surface area contributed by atoms with E-state index in [4.69, 9.17) is 0 Å². The number of amides is 1. The van der Waals surface area contributed by atoms with Crippen LogP contribution < -0.4 is 5.32 Å². The van der Waals surface area contributed by atoms with Crippen LogP contribution in [-0.4, -0.2) is 28.2 Å². The standard InChI is InChI=1S/C13H17BrN2O2/c14-9-5-11(16(7-9)10-3-4-10)13(18)15-6-12(17)8-1-2-8/h5,7-8,10,12,17H,1-4,6H2,(H,15,18). The number of carbonyl (C=O) groups is 1. The zero-order chi connectivity index (χ0) is 12.7. The van der Waals surface area contributed by atoms with Crippen molar-refractivity contribution in [2.45, 2.75) is 37.8 Å². The summed E-state index contributed by atoms with van der Waals surface area (Å²) < 4.78 is 2.96. The van der Waals surface area contributed by atoms with E-state index in [1.807, 2.05) is 16.8 Å². The molecule has 2 aliphatic carbocycles. The Kier molecular flexibility index (Phi) is 3.20. The minimum Gasteiger partial charge on any atom is -0.391 e. The van der Waals surface area contributed by atoms with E-state index in [9.17, 15) is 9.90 Å². The summed E-state index contributed by atoms with van der Waals surface area (Å²) in [6.07, 6.45) is 6.03. The minimum atomic E-state index is -0.387. The normalized spacial score (nSPS) is 20.8. The van der Waals surface area contributed by atoms with E-state index < -0.39 is 0 Å². The third kappa shape index (κ3) is 2.62. The van der Waals surface area contributed by atoms with Gasteiger partial charge in [0.2, 0.25) is 0 Å². The number of nitrogens with one attached hydrogen (secondary N) is 1. The van der Waals surface area contributed by atoms with E-state index in [0.29, 0.717) is 24.2 Å². The van der Waals surface area contributed by atoms with Gasteiger partial charge in [0.1, 0.15) is 5.69 Å². The van der Waals surface area contributed by atoms with Crippen molar-refractivity contribution in [1.29, 1.82) is 0 Å². The topological polar surface area (TPSA) is 54.3 Å². The summed E-state index contributed by atoms with van der Waals surface area (Å²) >= 11 is 3.41. The van der Waals surface area contributed by atoms with Gasteiger partial charge in [-0.15, -0.1) is 0 Å². The second-order valence-corrected chi connectivity index (χ2v) is 6.21. The lowest BCUT2D eigenvalue weighted by Gasteiger charge is -2.12. The van der Waals surface area contributed by atoms with Crippen molar-refractivity contribution in [3.63, 3.8) is 0 Å². The Morgan fingerprint density at radius 2 is 2.22 bits per heavy atom. The second kappa shape index (κ2) is 4.70. The van der Waals surface area contributed by atoms with E-state index in [-0.39, 0.29) is 12.0 Å². The van der Waals surface area contributed by atoms with Crippen LogP contribution in [0.4, 0.5) is 0 Å². The molecule has 0 bridgehead atoms. The van der Waals surface area contributed by atoms with Crippen LogP contribution in [0.25, 0.3) is 0 Å². The van der Waals surface area contributed by atoms with Crippen LogP contribution in [0.15, 0.2) is 16.7 Å². The molecule has 1 atom stereocenters. The number of hydrogen-bond donors (Lipinski definition) is 2. The summed E-state index contributed by atoms with van der Waals surface area (Å²) in [5.41, 5.74) is 0.687. The van der Waals surface area contributed by atoms with Gasteiger partial charge in [0.15, 0.2) is 0 Å². The molecule has 0 saturated heterocycles. The summed E-state index contributed by atoms with van der Waals surface area (Å²) in [6, 6.07) is 2.32. The van der Waals surface area contributed by atoms with Gasteiger partial charge >= 0.3 is 0 Å². The number of nitrogens with zero attached hydrogens (tertiary/aromatic N) is 1. The van der Waals surface area contributed by atoms with Crippen LogP contribution in [0.5, 0.6) is 0 Å². The van der Waals surface area contributed by atoms with E-state index in [1.54, 1.807) is 0 Å². The van der Waals surface area contributed by atoms with E-state index in [1.165, 1.54) is 0 Å². The molecule has 0 aromatic carbocycles. The molecule has 1 amide bonds. The van der Waals surface area contributed by atoms with Crippen molar-refractivity contribution < 1.29 is 9.90 Å². The van der Waals surface area contributed by atoms with Gasteiger partial charge in [0.25, 0.3) is 5.91 Å².